The van der Waals surface area contributed by atoms with E-state index in [2.05, 4.69) is 111 Å². The quantitative estimate of drug-likeness (QED) is 0.0150. The first-order valence-electron chi connectivity index (χ1n) is 48.6. The van der Waals surface area contributed by atoms with Crippen LogP contribution >= 0.6 is 21.6 Å². The minimum atomic E-state index is -1.89. The number of carboxylic acids is 2. The predicted molar refractivity (Wildman–Crippen MR) is 543 cm³/mol. The summed E-state index contributed by atoms with van der Waals surface area (Å²) in [6.45, 7) is 15.2. The molecule has 4 heterocycles. The van der Waals surface area contributed by atoms with Gasteiger partial charge in [-0.1, -0.05) is 118 Å². The number of unbranched alkanes of at least 4 members (excludes halogenated alkanes) is 2. The second kappa shape index (κ2) is 59.3. The number of benzene rings is 3. The zero-order chi connectivity index (χ0) is 108. The summed E-state index contributed by atoms with van der Waals surface area (Å²) >= 11 is 0. The van der Waals surface area contributed by atoms with Crippen molar-refractivity contribution in [2.24, 2.45) is 35.0 Å². The normalized spacial score (nSPS) is 21.2. The standard InChI is InChI=1S/C97H140N24O23S2/c1-49(2)36-70-87(134)105-46-79(124)111-73(39-57-42-101-63-25-15-12-22-60(57)63)94(141)113-68(30-32-80(125)126)90(137)119-74(40-58-43-102-64-26-16-13-23-61(58)64)91(138)108-55(10)85(132)115-75(41-59-44-103-65-27-17-14-24-62(59)65)95(142)118-72(38-51(5)6)93(140)121-76(96(143)109-54(9)83(130)107-52(7)82(100)129)47-145-146-48-77(97(144)114-69(31-33-81(127)128)89(136)117-71(37-50(3)4)92(139)116-70)120-84(131)53(8)106-78(123)45-104-86(133)66(28-18-20-34-98)112-88(135)67(110-56(11)122)29-19-21-35-99/h12-17,22-27,42-44,49-55,66-77,101-103H,18-21,28-41,45-48,98-99H2,1-11H3,(H2,100,129)(H,104,133)(H,105,134)(H,106,123)(H,107,130)(H,108,138)(H,109,143)(H,110,122)(H,111,124)(H,112,135)(H,113,141)(H,114,144)(H,115,132)(H,116,139)(H,117,136)(H,118,142)(H,119,137)(H,120,131)(H,121,140)(H,125,126)(H,127,128)/t52-,53-,54-,55-,66-,67-,68-,69-,70-,71-,72-,73-,74-,75-,76-,77-/m1/s1. The van der Waals surface area contributed by atoms with Gasteiger partial charge in [-0.15, -0.1) is 0 Å². The van der Waals surface area contributed by atoms with Gasteiger partial charge >= 0.3 is 11.9 Å². The Kier molecular flexibility index (Phi) is 48.2. The van der Waals surface area contributed by atoms with Gasteiger partial charge in [-0.3, -0.25) is 101 Å². The summed E-state index contributed by atoms with van der Waals surface area (Å²) in [4.78, 5) is 308. The summed E-state index contributed by atoms with van der Waals surface area (Å²) in [5, 5.41) is 68.3. The molecule has 1 saturated heterocycles. The van der Waals surface area contributed by atoms with Crippen molar-refractivity contribution < 1.29 is 111 Å². The number of primary amides is 1. The highest BCUT2D eigenvalue weighted by Gasteiger charge is 2.40. The number of nitrogens with two attached hydrogens (primary N) is 3. The third-order valence-corrected chi connectivity index (χ3v) is 26.2. The maximum atomic E-state index is 15.4. The molecular weight excluding hydrogens is 1930 g/mol. The van der Waals surface area contributed by atoms with Gasteiger partial charge in [-0.05, 0) is 164 Å². The van der Waals surface area contributed by atoms with Gasteiger partial charge in [0.2, 0.25) is 112 Å². The summed E-state index contributed by atoms with van der Waals surface area (Å²) in [6.07, 6.45) is 2.33. The van der Waals surface area contributed by atoms with Crippen molar-refractivity contribution in [2.75, 3.05) is 37.7 Å². The Hall–Kier alpha value is -14.2. The lowest BCUT2D eigenvalue weighted by Crippen LogP contribution is -2.61. The average molecular weight is 2070 g/mol. The van der Waals surface area contributed by atoms with Crippen LogP contribution in [0.25, 0.3) is 32.7 Å². The van der Waals surface area contributed by atoms with E-state index in [1.807, 2.05) is 0 Å². The number of hydrogen-bond acceptors (Lipinski definition) is 25. The van der Waals surface area contributed by atoms with Crippen LogP contribution in [0.2, 0.25) is 0 Å². The Morgan fingerprint density at radius 2 is 0.801 bits per heavy atom. The van der Waals surface area contributed by atoms with Crippen molar-refractivity contribution in [1.29, 1.82) is 0 Å². The van der Waals surface area contributed by atoms with Crippen LogP contribution in [-0.4, -0.2) is 284 Å². The topological polar surface area (TPSA) is 741 Å². The van der Waals surface area contributed by atoms with E-state index in [1.54, 1.807) is 133 Å². The van der Waals surface area contributed by atoms with Crippen LogP contribution < -0.4 is 113 Å². The summed E-state index contributed by atoms with van der Waals surface area (Å²) in [5.74, 6) is -24.0. The van der Waals surface area contributed by atoms with E-state index >= 15 is 33.6 Å². The van der Waals surface area contributed by atoms with Gasteiger partial charge in [0.1, 0.15) is 96.7 Å². The third-order valence-electron chi connectivity index (χ3n) is 23.7. The predicted octanol–water partition coefficient (Wildman–Crippen LogP) is -1.75. The molecule has 7 rings (SSSR count). The number of carbonyl (C=O) groups excluding carboxylic acids is 19. The number of para-hydroxylation sites is 3. The molecule has 1 aliphatic heterocycles. The van der Waals surface area contributed by atoms with Crippen molar-refractivity contribution in [3.05, 3.63) is 108 Å². The van der Waals surface area contributed by atoms with Crippen molar-refractivity contribution in [1.82, 2.24) is 111 Å². The fourth-order valence-electron chi connectivity index (χ4n) is 15.9. The lowest BCUT2D eigenvalue weighted by atomic mass is 9.99. The zero-order valence-corrected chi connectivity index (χ0v) is 85.3. The van der Waals surface area contributed by atoms with E-state index in [0.717, 1.165) is 21.6 Å². The maximum absolute atomic E-state index is 15.4. The monoisotopic (exact) mass is 2070 g/mol. The van der Waals surface area contributed by atoms with Crippen LogP contribution in [0.15, 0.2) is 91.4 Å². The van der Waals surface area contributed by atoms with Crippen molar-refractivity contribution >= 4 is 178 Å². The van der Waals surface area contributed by atoms with Gasteiger partial charge in [-0.2, -0.15) is 0 Å². The largest absolute Gasteiger partial charge is 0.481 e. The summed E-state index contributed by atoms with van der Waals surface area (Å²) in [6, 6.07) is -4.41. The van der Waals surface area contributed by atoms with Crippen LogP contribution in [0, 0.1) is 17.8 Å². The number of carbonyl (C=O) groups is 21. The highest BCUT2D eigenvalue weighted by molar-refractivity contribution is 8.76. The lowest BCUT2D eigenvalue weighted by Gasteiger charge is -2.28. The van der Waals surface area contributed by atoms with E-state index in [0.29, 0.717) is 81.6 Å². The first kappa shape index (κ1) is 119. The number of aliphatic carboxylic acids is 2. The number of hydrogen-bond donors (Lipinski definition) is 26. The van der Waals surface area contributed by atoms with Crippen LogP contribution in [0.1, 0.15) is 176 Å². The van der Waals surface area contributed by atoms with Crippen molar-refractivity contribution in [3.8, 4) is 0 Å². The molecule has 0 spiro atoms. The number of nitrogens with one attached hydrogen (secondary N) is 21. The third kappa shape index (κ3) is 39.0. The van der Waals surface area contributed by atoms with Crippen molar-refractivity contribution in [3.63, 3.8) is 0 Å². The number of aromatic amines is 3. The average Bonchev–Trinajstić information content (AvgIpc) is 1.68. The fourth-order valence-corrected chi connectivity index (χ4v) is 18.2. The Bertz CT molecular complexity index is 5590. The molecule has 6 aromatic rings. The molecular formula is C97H140N24O23S2. The highest BCUT2D eigenvalue weighted by Crippen LogP contribution is 2.27. The molecule has 47 nitrogen and oxygen atoms in total. The molecule has 16 atom stereocenters. The molecule has 146 heavy (non-hydrogen) atoms. The molecule has 49 heteroatoms. The number of rotatable bonds is 40. The minimum absolute atomic E-state index is 0.0363. The Labute approximate surface area is 851 Å². The molecule has 3 aromatic carbocycles. The van der Waals surface area contributed by atoms with E-state index in [-0.39, 0.29) is 63.8 Å². The Balaban J connectivity index is 1.32. The second-order valence-electron chi connectivity index (χ2n) is 37.4. The van der Waals surface area contributed by atoms with E-state index in [1.165, 1.54) is 34.6 Å². The number of H-pyrrole nitrogens is 3. The first-order chi connectivity index (χ1) is 69.2. The van der Waals surface area contributed by atoms with Gasteiger partial charge in [0, 0.05) is 102 Å². The number of aromatic nitrogens is 3. The molecule has 0 saturated carbocycles. The summed E-state index contributed by atoms with van der Waals surface area (Å²) < 4.78 is 0. The molecule has 0 radical (unpaired) electrons. The van der Waals surface area contributed by atoms with E-state index < -0.39 is 283 Å². The molecule has 19 amide bonds. The van der Waals surface area contributed by atoms with Crippen LogP contribution in [0.4, 0.5) is 0 Å². The molecule has 3 aromatic heterocycles. The molecule has 0 unspecified atom stereocenters. The Morgan fingerprint density at radius 1 is 0.411 bits per heavy atom. The highest BCUT2D eigenvalue weighted by atomic mass is 33.1. The lowest BCUT2D eigenvalue weighted by molar-refractivity contribution is -0.139. The molecule has 29 N–H and O–H groups in total. The number of carboxylic acid groups (broad SMARTS) is 2. The SMILES string of the molecule is CC(=O)N[C@H](CCCCN)C(=O)N[C@H](CCCCN)C(=O)NCC(=O)N[C@H](C)C(=O)N[C@@H]1CSSC[C@H](C(=O)N[C@H](C)C(=O)N[C@H](C)C(N)=O)NC(=O)[C@@H](CC(C)C)NC(=O)[C@@H](Cc2c[nH]c3ccccc23)NC(=O)[C@@H](C)NC(=O)[C@@H](Cc2c[nH]c3ccccc23)NC(=O)[C@@H](CCC(=O)O)NC(=O)[C@@H](Cc2c[nH]c3ccccc23)NC(=O)CNC(=O)[C@@H](CC(C)C)NC(=O)[C@@H](CC(C)C)NC(=O)[C@@H](CCC(=O)O)NC1=O. The second-order valence-corrected chi connectivity index (χ2v) is 39.9. The fraction of sp³-hybridized carbons (Fsp3) is 0.536. The zero-order valence-electron chi connectivity index (χ0n) is 83.7. The van der Waals surface area contributed by atoms with Gasteiger partial charge in [0.25, 0.3) is 0 Å². The van der Waals surface area contributed by atoms with Gasteiger partial charge < -0.3 is 138 Å². The smallest absolute Gasteiger partial charge is 0.303 e. The minimum Gasteiger partial charge on any atom is -0.481 e. The number of amides is 19. The molecule has 1 fully saturated rings. The molecule has 798 valence electrons. The van der Waals surface area contributed by atoms with Crippen LogP contribution in [-0.2, 0) is 120 Å². The Morgan fingerprint density at radius 3 is 1.25 bits per heavy atom. The molecule has 1 aliphatic rings. The first-order valence-corrected chi connectivity index (χ1v) is 51.1. The van der Waals surface area contributed by atoms with Crippen LogP contribution in [0.5, 0.6) is 0 Å². The molecule has 0 aliphatic carbocycles. The van der Waals surface area contributed by atoms with Crippen molar-refractivity contribution in [2.45, 2.75) is 276 Å². The van der Waals surface area contributed by atoms with Crippen LogP contribution in [0.3, 0.4) is 0 Å². The van der Waals surface area contributed by atoms with Gasteiger partial charge in [0.05, 0.1) is 13.1 Å². The summed E-state index contributed by atoms with van der Waals surface area (Å²) in [7, 11) is 1.50. The van der Waals surface area contributed by atoms with Gasteiger partial charge in [-0.25, -0.2) is 0 Å². The number of fused-ring (bicyclic) bond motifs is 3. The summed E-state index contributed by atoms with van der Waals surface area (Å²) in [5.41, 5.74) is 20.1. The van der Waals surface area contributed by atoms with E-state index in [9.17, 15) is 77.3 Å². The van der Waals surface area contributed by atoms with E-state index in [4.69, 9.17) is 17.2 Å². The maximum Gasteiger partial charge on any atom is 0.303 e. The molecule has 0 bridgehead atoms. The van der Waals surface area contributed by atoms with Gasteiger partial charge in [0.15, 0.2) is 0 Å².